The fourth-order valence-electron chi connectivity index (χ4n) is 1.43. The third-order valence-electron chi connectivity index (χ3n) is 2.10. The van der Waals surface area contributed by atoms with E-state index in [9.17, 15) is 10.1 Å². The molecule has 0 atom stereocenters. The van der Waals surface area contributed by atoms with Gasteiger partial charge in [-0.3, -0.25) is 15.1 Å². The smallest absolute Gasteiger partial charge is 0.311 e. The molecular weight excluding hydrogens is 222 g/mol. The third-order valence-corrected chi connectivity index (χ3v) is 2.10. The van der Waals surface area contributed by atoms with Gasteiger partial charge in [-0.1, -0.05) is 6.07 Å². The van der Waals surface area contributed by atoms with Gasteiger partial charge in [0.15, 0.2) is 5.84 Å². The molecule has 0 N–H and O–H groups in total. The Labute approximate surface area is 98.8 Å². The summed E-state index contributed by atoms with van der Waals surface area (Å²) in [6.45, 7) is 1.75. The van der Waals surface area contributed by atoms with Gasteiger partial charge in [0.05, 0.1) is 17.6 Å². The molecule has 90 valence electrons. The van der Waals surface area contributed by atoms with Crippen LogP contribution in [-0.2, 0) is 0 Å². The van der Waals surface area contributed by atoms with E-state index in [4.69, 9.17) is 4.74 Å². The van der Waals surface area contributed by atoms with Crippen LogP contribution in [0.2, 0.25) is 0 Å². The van der Waals surface area contributed by atoms with Crippen molar-refractivity contribution in [1.82, 2.24) is 0 Å². The number of nitro benzene ring substituents is 1. The standard InChI is InChI=1S/C11H13N3O3/c1-4-13-11(12-2)8-6-5-7-9(14(15)16)10(8)17-3/h4-7H,1-3H3/b12-11-,13-4-. The van der Waals surface area contributed by atoms with Crippen molar-refractivity contribution in [3.8, 4) is 5.75 Å². The number of hydrogen-bond donors (Lipinski definition) is 0. The molecule has 0 aromatic heterocycles. The Morgan fingerprint density at radius 2 is 2.24 bits per heavy atom. The van der Waals surface area contributed by atoms with Crippen molar-refractivity contribution in [2.45, 2.75) is 6.92 Å². The molecule has 1 aromatic carbocycles. The lowest BCUT2D eigenvalue weighted by Crippen LogP contribution is -2.03. The van der Waals surface area contributed by atoms with Crippen LogP contribution in [0.25, 0.3) is 0 Å². The fourth-order valence-corrected chi connectivity index (χ4v) is 1.43. The van der Waals surface area contributed by atoms with Gasteiger partial charge in [0.25, 0.3) is 0 Å². The highest BCUT2D eigenvalue weighted by Crippen LogP contribution is 2.31. The van der Waals surface area contributed by atoms with Crippen LogP contribution < -0.4 is 4.74 Å². The number of rotatable bonds is 3. The maximum atomic E-state index is 10.8. The van der Waals surface area contributed by atoms with E-state index >= 15 is 0 Å². The summed E-state index contributed by atoms with van der Waals surface area (Å²) in [5.41, 5.74) is 0.403. The average molecular weight is 235 g/mol. The number of ether oxygens (including phenoxy) is 1. The molecule has 0 aliphatic heterocycles. The van der Waals surface area contributed by atoms with E-state index in [1.807, 2.05) is 0 Å². The summed E-state index contributed by atoms with van der Waals surface area (Å²) in [4.78, 5) is 18.4. The van der Waals surface area contributed by atoms with Crippen molar-refractivity contribution in [2.75, 3.05) is 14.2 Å². The lowest BCUT2D eigenvalue weighted by molar-refractivity contribution is -0.385. The van der Waals surface area contributed by atoms with Gasteiger partial charge in [-0.15, -0.1) is 0 Å². The molecule has 0 unspecified atom stereocenters. The summed E-state index contributed by atoms with van der Waals surface area (Å²) in [5, 5.41) is 10.8. The number of nitro groups is 1. The first-order valence-corrected chi connectivity index (χ1v) is 4.93. The van der Waals surface area contributed by atoms with E-state index in [-0.39, 0.29) is 11.4 Å². The molecule has 0 radical (unpaired) electrons. The highest BCUT2D eigenvalue weighted by Gasteiger charge is 2.20. The zero-order valence-electron chi connectivity index (χ0n) is 9.88. The van der Waals surface area contributed by atoms with Gasteiger partial charge in [-0.25, -0.2) is 4.99 Å². The first kappa shape index (κ1) is 12.8. The molecule has 0 spiro atoms. The monoisotopic (exact) mass is 235 g/mol. The van der Waals surface area contributed by atoms with E-state index < -0.39 is 4.92 Å². The zero-order chi connectivity index (χ0) is 12.8. The molecular formula is C11H13N3O3. The summed E-state index contributed by atoms with van der Waals surface area (Å²) in [6, 6.07) is 4.64. The maximum absolute atomic E-state index is 10.8. The van der Waals surface area contributed by atoms with Crippen LogP contribution in [0.3, 0.4) is 0 Å². The van der Waals surface area contributed by atoms with Crippen molar-refractivity contribution in [3.05, 3.63) is 33.9 Å². The number of aliphatic imine (C=N–C) groups is 2. The van der Waals surface area contributed by atoms with Crippen LogP contribution in [0.5, 0.6) is 5.75 Å². The van der Waals surface area contributed by atoms with Gasteiger partial charge in [-0.05, 0) is 13.0 Å². The van der Waals surface area contributed by atoms with Gasteiger partial charge < -0.3 is 4.74 Å². The SMILES string of the molecule is C/C=N\C(=N/C)c1cccc([N+](=O)[O-])c1OC. The van der Waals surface area contributed by atoms with Gasteiger partial charge in [-0.2, -0.15) is 0 Å². The molecule has 0 heterocycles. The van der Waals surface area contributed by atoms with Crippen LogP contribution >= 0.6 is 0 Å². The minimum atomic E-state index is -0.495. The van der Waals surface area contributed by atoms with Gasteiger partial charge in [0.1, 0.15) is 0 Å². The second-order valence-electron chi connectivity index (χ2n) is 3.05. The molecule has 0 fully saturated rings. The molecule has 1 rings (SSSR count). The van der Waals surface area contributed by atoms with E-state index in [2.05, 4.69) is 9.98 Å². The molecule has 0 aliphatic carbocycles. The first-order chi connectivity index (χ1) is 8.15. The Balaban J connectivity index is 3.43. The number of amidine groups is 1. The minimum Gasteiger partial charge on any atom is -0.490 e. The Morgan fingerprint density at radius 3 is 2.71 bits per heavy atom. The molecule has 6 nitrogen and oxygen atoms in total. The van der Waals surface area contributed by atoms with Crippen molar-refractivity contribution < 1.29 is 9.66 Å². The van der Waals surface area contributed by atoms with Crippen LogP contribution in [0.15, 0.2) is 28.2 Å². The van der Waals surface area contributed by atoms with Gasteiger partial charge in [0.2, 0.25) is 5.75 Å². The Bertz CT molecular complexity index is 481. The van der Waals surface area contributed by atoms with E-state index in [1.165, 1.54) is 13.2 Å². The maximum Gasteiger partial charge on any atom is 0.311 e. The lowest BCUT2D eigenvalue weighted by Gasteiger charge is -2.07. The summed E-state index contributed by atoms with van der Waals surface area (Å²) in [7, 11) is 2.95. The van der Waals surface area contributed by atoms with Crippen LogP contribution in [-0.4, -0.2) is 31.1 Å². The third kappa shape index (κ3) is 2.66. The van der Waals surface area contributed by atoms with E-state index in [0.29, 0.717) is 11.4 Å². The highest BCUT2D eigenvalue weighted by molar-refractivity contribution is 6.05. The van der Waals surface area contributed by atoms with Crippen LogP contribution in [0.4, 0.5) is 5.69 Å². The molecule has 17 heavy (non-hydrogen) atoms. The molecule has 0 amide bonds. The predicted molar refractivity (Wildman–Crippen MR) is 66.3 cm³/mol. The second kappa shape index (κ2) is 5.74. The van der Waals surface area contributed by atoms with Crippen LogP contribution in [0.1, 0.15) is 12.5 Å². The number of nitrogens with zero attached hydrogens (tertiary/aromatic N) is 3. The Kier molecular flexibility index (Phi) is 4.33. The van der Waals surface area contributed by atoms with Crippen molar-refractivity contribution in [2.24, 2.45) is 9.98 Å². The molecule has 0 bridgehead atoms. The first-order valence-electron chi connectivity index (χ1n) is 4.93. The zero-order valence-corrected chi connectivity index (χ0v) is 9.88. The lowest BCUT2D eigenvalue weighted by atomic mass is 10.1. The van der Waals surface area contributed by atoms with Crippen molar-refractivity contribution in [1.29, 1.82) is 0 Å². The molecule has 0 aliphatic rings. The topological polar surface area (TPSA) is 77.1 Å². The Morgan fingerprint density at radius 1 is 1.53 bits per heavy atom. The summed E-state index contributed by atoms with van der Waals surface area (Å²) >= 11 is 0. The quantitative estimate of drug-likeness (QED) is 0.348. The van der Waals surface area contributed by atoms with Crippen molar-refractivity contribution in [3.63, 3.8) is 0 Å². The summed E-state index contributed by atoms with van der Waals surface area (Å²) < 4.78 is 5.07. The van der Waals surface area contributed by atoms with E-state index in [1.54, 1.807) is 32.3 Å². The highest BCUT2D eigenvalue weighted by atomic mass is 16.6. The molecule has 0 saturated carbocycles. The van der Waals surface area contributed by atoms with Gasteiger partial charge in [0, 0.05) is 19.3 Å². The van der Waals surface area contributed by atoms with Crippen molar-refractivity contribution >= 4 is 17.7 Å². The molecule has 6 heteroatoms. The number of benzene rings is 1. The normalized spacial score (nSPS) is 11.8. The molecule has 1 aromatic rings. The number of methoxy groups -OCH3 is 1. The van der Waals surface area contributed by atoms with Crippen LogP contribution in [0, 0.1) is 10.1 Å². The number of para-hydroxylation sites is 1. The number of hydrogen-bond acceptors (Lipinski definition) is 4. The Hall–Kier alpha value is -2.24. The second-order valence-corrected chi connectivity index (χ2v) is 3.05. The fraction of sp³-hybridized carbons (Fsp3) is 0.273. The largest absolute Gasteiger partial charge is 0.490 e. The minimum absolute atomic E-state index is 0.0996. The summed E-state index contributed by atoms with van der Waals surface area (Å²) in [5.74, 6) is 0.566. The summed E-state index contributed by atoms with van der Waals surface area (Å²) in [6.07, 6.45) is 1.57. The predicted octanol–water partition coefficient (Wildman–Crippen LogP) is 2.07. The van der Waals surface area contributed by atoms with E-state index in [0.717, 1.165) is 0 Å². The molecule has 0 saturated heterocycles. The van der Waals surface area contributed by atoms with Gasteiger partial charge >= 0.3 is 5.69 Å². The average Bonchev–Trinajstić information content (AvgIpc) is 2.34.